The lowest BCUT2D eigenvalue weighted by molar-refractivity contribution is -0.159. The highest BCUT2D eigenvalue weighted by Gasteiger charge is 2.39. The Morgan fingerprint density at radius 3 is 2.50 bits per heavy atom. The van der Waals surface area contributed by atoms with Crippen molar-refractivity contribution in [2.24, 2.45) is 0 Å². The first-order valence-electron chi connectivity index (χ1n) is 6.35. The van der Waals surface area contributed by atoms with Crippen molar-refractivity contribution < 1.29 is 14.7 Å². The van der Waals surface area contributed by atoms with Crippen LogP contribution in [0.3, 0.4) is 0 Å². The third-order valence-corrected chi connectivity index (χ3v) is 3.05. The minimum absolute atomic E-state index is 0.465. The summed E-state index contributed by atoms with van der Waals surface area (Å²) >= 11 is 0. The van der Waals surface area contributed by atoms with E-state index in [1.165, 1.54) is 0 Å². The van der Waals surface area contributed by atoms with Crippen LogP contribution in [-0.4, -0.2) is 17.7 Å². The fourth-order valence-electron chi connectivity index (χ4n) is 1.94. The molecule has 0 saturated heterocycles. The van der Waals surface area contributed by atoms with Crippen LogP contribution >= 0.6 is 0 Å². The zero-order chi connectivity index (χ0) is 13.4. The molecule has 2 N–H and O–H groups in total. The molecule has 1 rings (SSSR count). The van der Waals surface area contributed by atoms with Crippen molar-refractivity contribution in [3.63, 3.8) is 0 Å². The van der Waals surface area contributed by atoms with Crippen LogP contribution in [0.4, 0.5) is 0 Å². The van der Waals surface area contributed by atoms with E-state index in [-0.39, 0.29) is 0 Å². The average Bonchev–Trinajstić information content (AvgIpc) is 2.44. The van der Waals surface area contributed by atoms with Crippen LogP contribution in [0.2, 0.25) is 0 Å². The summed E-state index contributed by atoms with van der Waals surface area (Å²) in [5.74, 6) is -0.521. The van der Waals surface area contributed by atoms with Crippen LogP contribution in [0, 0.1) is 0 Å². The third-order valence-electron chi connectivity index (χ3n) is 3.05. The molecule has 1 amide bonds. The summed E-state index contributed by atoms with van der Waals surface area (Å²) in [6.45, 7) is 4.42. The average molecular weight is 251 g/mol. The van der Waals surface area contributed by atoms with Gasteiger partial charge in [-0.15, -0.1) is 0 Å². The number of hydrogen-bond donors (Lipinski definition) is 2. The molecule has 100 valence electrons. The number of hydrogen-bond acceptors (Lipinski definition) is 3. The molecule has 4 heteroatoms. The van der Waals surface area contributed by atoms with Gasteiger partial charge < -0.3 is 4.74 Å². The van der Waals surface area contributed by atoms with E-state index in [0.717, 1.165) is 18.4 Å². The Morgan fingerprint density at radius 1 is 1.33 bits per heavy atom. The van der Waals surface area contributed by atoms with Gasteiger partial charge in [-0.2, -0.15) is 0 Å². The van der Waals surface area contributed by atoms with Crippen LogP contribution in [0.5, 0.6) is 0 Å². The van der Waals surface area contributed by atoms with Gasteiger partial charge in [0, 0.05) is 6.61 Å². The SMILES string of the molecule is CCCCOC(CC)(C(=O)NO)c1ccccc1. The van der Waals surface area contributed by atoms with Crippen molar-refractivity contribution in [2.75, 3.05) is 6.61 Å². The molecule has 0 aliphatic rings. The Labute approximate surface area is 108 Å². The van der Waals surface area contributed by atoms with Crippen LogP contribution in [0.1, 0.15) is 38.7 Å². The number of benzene rings is 1. The highest BCUT2D eigenvalue weighted by molar-refractivity contribution is 5.85. The molecule has 0 aliphatic carbocycles. The Hall–Kier alpha value is -1.39. The van der Waals surface area contributed by atoms with Gasteiger partial charge in [-0.3, -0.25) is 10.0 Å². The molecule has 0 saturated carbocycles. The topological polar surface area (TPSA) is 58.6 Å². The van der Waals surface area contributed by atoms with Crippen molar-refractivity contribution in [2.45, 2.75) is 38.7 Å². The van der Waals surface area contributed by atoms with E-state index < -0.39 is 11.5 Å². The maximum atomic E-state index is 12.0. The smallest absolute Gasteiger partial charge is 0.280 e. The van der Waals surface area contributed by atoms with E-state index in [1.807, 2.05) is 37.3 Å². The summed E-state index contributed by atoms with van der Waals surface area (Å²) in [6.07, 6.45) is 2.34. The fraction of sp³-hybridized carbons (Fsp3) is 0.500. The van der Waals surface area contributed by atoms with Gasteiger partial charge in [-0.25, -0.2) is 5.48 Å². The molecule has 1 unspecified atom stereocenters. The quantitative estimate of drug-likeness (QED) is 0.445. The lowest BCUT2D eigenvalue weighted by Crippen LogP contribution is -2.45. The second kappa shape index (κ2) is 7.13. The first kappa shape index (κ1) is 14.7. The molecule has 0 spiro atoms. The lowest BCUT2D eigenvalue weighted by atomic mass is 9.90. The summed E-state index contributed by atoms with van der Waals surface area (Å²) < 4.78 is 5.79. The van der Waals surface area contributed by atoms with E-state index >= 15 is 0 Å². The summed E-state index contributed by atoms with van der Waals surface area (Å²) in [7, 11) is 0. The van der Waals surface area contributed by atoms with Crippen molar-refractivity contribution in [3.05, 3.63) is 35.9 Å². The molecule has 0 aromatic heterocycles. The van der Waals surface area contributed by atoms with Crippen LogP contribution in [-0.2, 0) is 15.1 Å². The number of ether oxygens (including phenoxy) is 1. The first-order valence-corrected chi connectivity index (χ1v) is 6.35. The van der Waals surface area contributed by atoms with E-state index in [4.69, 9.17) is 9.94 Å². The van der Waals surface area contributed by atoms with Crippen LogP contribution in [0.15, 0.2) is 30.3 Å². The Morgan fingerprint density at radius 2 is 2.00 bits per heavy atom. The fourth-order valence-corrected chi connectivity index (χ4v) is 1.94. The molecule has 4 nitrogen and oxygen atoms in total. The molecule has 0 aliphatic heterocycles. The van der Waals surface area contributed by atoms with Crippen molar-refractivity contribution in [1.29, 1.82) is 0 Å². The molecule has 0 heterocycles. The highest BCUT2D eigenvalue weighted by Crippen LogP contribution is 2.30. The van der Waals surface area contributed by atoms with Gasteiger partial charge in [0.25, 0.3) is 5.91 Å². The third kappa shape index (κ3) is 3.09. The Balaban J connectivity index is 3.02. The van der Waals surface area contributed by atoms with Gasteiger partial charge in [0.2, 0.25) is 0 Å². The van der Waals surface area contributed by atoms with Gasteiger partial charge in [0.1, 0.15) is 0 Å². The summed E-state index contributed by atoms with van der Waals surface area (Å²) in [5, 5.41) is 8.94. The normalized spacial score (nSPS) is 13.9. The minimum atomic E-state index is -1.11. The number of amides is 1. The molecule has 1 atom stereocenters. The number of carbonyl (C=O) groups is 1. The van der Waals surface area contributed by atoms with Gasteiger partial charge in [-0.05, 0) is 18.4 Å². The van der Waals surface area contributed by atoms with Gasteiger partial charge >= 0.3 is 0 Å². The van der Waals surface area contributed by atoms with Gasteiger partial charge in [0.15, 0.2) is 5.60 Å². The summed E-state index contributed by atoms with van der Waals surface area (Å²) in [6, 6.07) is 9.27. The lowest BCUT2D eigenvalue weighted by Gasteiger charge is -2.31. The monoisotopic (exact) mass is 251 g/mol. The molecule has 0 fully saturated rings. The number of hydroxylamine groups is 1. The maximum absolute atomic E-state index is 12.0. The maximum Gasteiger partial charge on any atom is 0.280 e. The molecule has 1 aromatic rings. The predicted octanol–water partition coefficient (Wildman–Crippen LogP) is 2.61. The molecular weight excluding hydrogens is 230 g/mol. The molecule has 18 heavy (non-hydrogen) atoms. The molecule has 1 aromatic carbocycles. The second-order valence-electron chi connectivity index (χ2n) is 4.19. The summed E-state index contributed by atoms with van der Waals surface area (Å²) in [4.78, 5) is 12.0. The van der Waals surface area contributed by atoms with Crippen LogP contribution in [0.25, 0.3) is 0 Å². The van der Waals surface area contributed by atoms with Crippen molar-refractivity contribution >= 4 is 5.91 Å². The Kier molecular flexibility index (Phi) is 5.82. The summed E-state index contributed by atoms with van der Waals surface area (Å²) in [5.41, 5.74) is 1.37. The van der Waals surface area contributed by atoms with Crippen LogP contribution < -0.4 is 5.48 Å². The predicted molar refractivity (Wildman–Crippen MR) is 69.2 cm³/mol. The Bertz CT molecular complexity index is 367. The van der Waals surface area contributed by atoms with E-state index in [2.05, 4.69) is 6.92 Å². The van der Waals surface area contributed by atoms with Crippen molar-refractivity contribution in [1.82, 2.24) is 5.48 Å². The number of carbonyl (C=O) groups excluding carboxylic acids is 1. The zero-order valence-corrected chi connectivity index (χ0v) is 11.0. The van der Waals surface area contributed by atoms with Gasteiger partial charge in [-0.1, -0.05) is 50.6 Å². The molecule has 0 bridgehead atoms. The van der Waals surface area contributed by atoms with E-state index in [9.17, 15) is 4.79 Å². The molecular formula is C14H21NO3. The highest BCUT2D eigenvalue weighted by atomic mass is 16.5. The number of rotatable bonds is 7. The molecule has 0 radical (unpaired) electrons. The van der Waals surface area contributed by atoms with Gasteiger partial charge in [0.05, 0.1) is 0 Å². The minimum Gasteiger partial charge on any atom is -0.360 e. The van der Waals surface area contributed by atoms with Crippen molar-refractivity contribution in [3.8, 4) is 0 Å². The standard InChI is InChI=1S/C14H21NO3/c1-3-5-11-18-14(4-2,13(16)15-17)12-9-7-6-8-10-12/h6-10,17H,3-5,11H2,1-2H3,(H,15,16). The number of nitrogens with one attached hydrogen (secondary N) is 1. The number of unbranched alkanes of at least 4 members (excludes halogenated alkanes) is 1. The zero-order valence-electron chi connectivity index (χ0n) is 11.0. The van der Waals surface area contributed by atoms with E-state index in [1.54, 1.807) is 5.48 Å². The largest absolute Gasteiger partial charge is 0.360 e. The van der Waals surface area contributed by atoms with E-state index in [0.29, 0.717) is 13.0 Å². The first-order chi connectivity index (χ1) is 8.71. The second-order valence-corrected chi connectivity index (χ2v) is 4.19.